The number of carbonyl (C=O) groups excluding carboxylic acids is 1. The molecule has 1 rings (SSSR count). The van der Waals surface area contributed by atoms with Crippen LogP contribution in [0.1, 0.15) is 20.3 Å². The van der Waals surface area contributed by atoms with Crippen LogP contribution in [0, 0.1) is 0 Å². The minimum absolute atomic E-state index is 0.146. The lowest BCUT2D eigenvalue weighted by Crippen LogP contribution is -2.37. The van der Waals surface area contributed by atoms with E-state index >= 15 is 0 Å². The number of hydrogen-bond donors (Lipinski definition) is 1. The molecule has 1 N–H and O–H groups in total. The maximum atomic E-state index is 11.9. The Labute approximate surface area is 120 Å². The summed E-state index contributed by atoms with van der Waals surface area (Å²) in [5.41, 5.74) is 0. The first kappa shape index (κ1) is 16.3. The third-order valence-electron chi connectivity index (χ3n) is 2.71. The highest BCUT2D eigenvalue weighted by Gasteiger charge is 2.15. The molecule has 0 aliphatic rings. The highest BCUT2D eigenvalue weighted by molar-refractivity contribution is 5.80. The van der Waals surface area contributed by atoms with E-state index in [1.165, 1.54) is 0 Å². The van der Waals surface area contributed by atoms with Crippen LogP contribution in [0.15, 0.2) is 24.3 Å². The predicted molar refractivity (Wildman–Crippen MR) is 77.2 cm³/mol. The van der Waals surface area contributed by atoms with E-state index in [2.05, 4.69) is 5.32 Å². The van der Waals surface area contributed by atoms with Crippen molar-refractivity contribution in [2.45, 2.75) is 26.4 Å². The first-order chi connectivity index (χ1) is 9.69. The van der Waals surface area contributed by atoms with Crippen molar-refractivity contribution >= 4 is 5.91 Å². The van der Waals surface area contributed by atoms with Crippen LogP contribution in [-0.4, -0.2) is 38.9 Å². The molecule has 0 spiro atoms. The molecule has 112 valence electrons. The van der Waals surface area contributed by atoms with Crippen molar-refractivity contribution in [2.24, 2.45) is 0 Å². The average Bonchev–Trinajstić information content (AvgIpc) is 2.47. The summed E-state index contributed by atoms with van der Waals surface area (Å²) < 4.78 is 16.0. The molecule has 0 saturated carbocycles. The minimum Gasteiger partial charge on any atom is -0.493 e. The lowest BCUT2D eigenvalue weighted by atomic mass is 10.3. The number of carbonyl (C=O) groups is 1. The summed E-state index contributed by atoms with van der Waals surface area (Å²) in [6.45, 7) is 5.59. The van der Waals surface area contributed by atoms with Crippen LogP contribution in [0.25, 0.3) is 0 Å². The third kappa shape index (κ3) is 5.48. The molecule has 0 unspecified atom stereocenters. The lowest BCUT2D eigenvalue weighted by molar-refractivity contribution is -0.127. The lowest BCUT2D eigenvalue weighted by Gasteiger charge is -2.16. The Morgan fingerprint density at radius 2 is 2.00 bits per heavy atom. The molecule has 1 amide bonds. The Balaban J connectivity index is 2.37. The molecule has 0 fully saturated rings. The largest absolute Gasteiger partial charge is 0.493 e. The third-order valence-corrected chi connectivity index (χ3v) is 2.71. The summed E-state index contributed by atoms with van der Waals surface area (Å²) in [4.78, 5) is 11.9. The number of ether oxygens (including phenoxy) is 3. The molecule has 0 bridgehead atoms. The van der Waals surface area contributed by atoms with Crippen LogP contribution in [0.3, 0.4) is 0 Å². The van der Waals surface area contributed by atoms with Gasteiger partial charge in [-0.2, -0.15) is 0 Å². The second-order valence-corrected chi connectivity index (χ2v) is 4.25. The van der Waals surface area contributed by atoms with Gasteiger partial charge in [0.05, 0.1) is 7.11 Å². The summed E-state index contributed by atoms with van der Waals surface area (Å²) in [6.07, 6.45) is 0.222. The Bertz CT molecular complexity index is 409. The van der Waals surface area contributed by atoms with Crippen molar-refractivity contribution in [1.82, 2.24) is 5.32 Å². The molecule has 0 aliphatic carbocycles. The van der Waals surface area contributed by atoms with Gasteiger partial charge < -0.3 is 19.5 Å². The second kappa shape index (κ2) is 9.20. The minimum atomic E-state index is -0.571. The molecular weight excluding hydrogens is 258 g/mol. The standard InChI is InChI=1S/C15H23NO4/c1-4-19-11-7-10-16-15(17)12(2)20-14-9-6-5-8-13(14)18-3/h5-6,8-9,12H,4,7,10-11H2,1-3H3,(H,16,17)/t12-/m1/s1. The predicted octanol–water partition coefficient (Wildman–Crippen LogP) is 2.01. The monoisotopic (exact) mass is 281 g/mol. The zero-order chi connectivity index (χ0) is 14.8. The molecule has 1 atom stereocenters. The van der Waals surface area contributed by atoms with E-state index < -0.39 is 6.10 Å². The topological polar surface area (TPSA) is 56.8 Å². The molecule has 20 heavy (non-hydrogen) atoms. The van der Waals surface area contributed by atoms with Crippen molar-refractivity contribution in [3.8, 4) is 11.5 Å². The number of methoxy groups -OCH3 is 1. The smallest absolute Gasteiger partial charge is 0.260 e. The van der Waals surface area contributed by atoms with Crippen molar-refractivity contribution in [3.63, 3.8) is 0 Å². The number of nitrogens with one attached hydrogen (secondary N) is 1. The van der Waals surface area contributed by atoms with Gasteiger partial charge in [0.15, 0.2) is 17.6 Å². The summed E-state index contributed by atoms with van der Waals surface area (Å²) in [7, 11) is 1.57. The molecule has 0 aliphatic heterocycles. The highest BCUT2D eigenvalue weighted by Crippen LogP contribution is 2.26. The molecule has 0 aromatic heterocycles. The van der Waals surface area contributed by atoms with Gasteiger partial charge in [-0.3, -0.25) is 4.79 Å². The van der Waals surface area contributed by atoms with E-state index in [1.54, 1.807) is 26.2 Å². The van der Waals surface area contributed by atoms with Crippen molar-refractivity contribution in [3.05, 3.63) is 24.3 Å². The van der Waals surface area contributed by atoms with Crippen LogP contribution in [0.5, 0.6) is 11.5 Å². The van der Waals surface area contributed by atoms with Gasteiger partial charge in [0.25, 0.3) is 5.91 Å². The Kier molecular flexibility index (Phi) is 7.50. The fourth-order valence-corrected chi connectivity index (χ4v) is 1.63. The fourth-order valence-electron chi connectivity index (χ4n) is 1.63. The number of hydrogen-bond acceptors (Lipinski definition) is 4. The zero-order valence-electron chi connectivity index (χ0n) is 12.3. The van der Waals surface area contributed by atoms with Gasteiger partial charge in [-0.25, -0.2) is 0 Å². The van der Waals surface area contributed by atoms with Gasteiger partial charge in [-0.05, 0) is 32.4 Å². The number of para-hydroxylation sites is 2. The van der Waals surface area contributed by atoms with Crippen LogP contribution in [-0.2, 0) is 9.53 Å². The maximum Gasteiger partial charge on any atom is 0.260 e. The summed E-state index contributed by atoms with van der Waals surface area (Å²) in [6, 6.07) is 7.26. The fraction of sp³-hybridized carbons (Fsp3) is 0.533. The Morgan fingerprint density at radius 3 is 2.65 bits per heavy atom. The maximum absolute atomic E-state index is 11.9. The molecular formula is C15H23NO4. The van der Waals surface area contributed by atoms with Gasteiger partial charge >= 0.3 is 0 Å². The van der Waals surface area contributed by atoms with E-state index in [0.717, 1.165) is 6.42 Å². The second-order valence-electron chi connectivity index (χ2n) is 4.25. The molecule has 5 nitrogen and oxygen atoms in total. The van der Waals surface area contributed by atoms with E-state index in [4.69, 9.17) is 14.2 Å². The van der Waals surface area contributed by atoms with E-state index in [9.17, 15) is 4.79 Å². The molecule has 1 aromatic rings. The van der Waals surface area contributed by atoms with Crippen LogP contribution >= 0.6 is 0 Å². The molecule has 0 heterocycles. The Morgan fingerprint density at radius 1 is 1.30 bits per heavy atom. The molecule has 1 aromatic carbocycles. The normalized spacial score (nSPS) is 11.8. The molecule has 0 radical (unpaired) electrons. The number of rotatable bonds is 9. The quantitative estimate of drug-likeness (QED) is 0.703. The van der Waals surface area contributed by atoms with Gasteiger partial charge in [0.1, 0.15) is 0 Å². The zero-order valence-corrected chi connectivity index (χ0v) is 12.3. The SMILES string of the molecule is CCOCCCNC(=O)[C@@H](C)Oc1ccccc1OC. The van der Waals surface area contributed by atoms with Gasteiger partial charge in [0, 0.05) is 19.8 Å². The number of benzene rings is 1. The van der Waals surface area contributed by atoms with Gasteiger partial charge in [0.2, 0.25) is 0 Å². The first-order valence-corrected chi connectivity index (χ1v) is 6.84. The van der Waals surface area contributed by atoms with Crippen molar-refractivity contribution < 1.29 is 19.0 Å². The van der Waals surface area contributed by atoms with Crippen molar-refractivity contribution in [2.75, 3.05) is 26.9 Å². The summed E-state index contributed by atoms with van der Waals surface area (Å²) in [5.74, 6) is 1.03. The van der Waals surface area contributed by atoms with Crippen molar-refractivity contribution in [1.29, 1.82) is 0 Å². The van der Waals surface area contributed by atoms with E-state index in [1.807, 2.05) is 19.1 Å². The Hall–Kier alpha value is -1.75. The molecule has 5 heteroatoms. The summed E-state index contributed by atoms with van der Waals surface area (Å²) in [5, 5.41) is 2.81. The first-order valence-electron chi connectivity index (χ1n) is 6.84. The van der Waals surface area contributed by atoms with E-state index in [0.29, 0.717) is 31.3 Å². The van der Waals surface area contributed by atoms with Crippen LogP contribution in [0.2, 0.25) is 0 Å². The average molecular weight is 281 g/mol. The van der Waals surface area contributed by atoms with Gasteiger partial charge in [-0.15, -0.1) is 0 Å². The number of amides is 1. The molecule has 0 saturated heterocycles. The van der Waals surface area contributed by atoms with Gasteiger partial charge in [-0.1, -0.05) is 12.1 Å². The summed E-state index contributed by atoms with van der Waals surface area (Å²) >= 11 is 0. The van der Waals surface area contributed by atoms with Crippen LogP contribution < -0.4 is 14.8 Å². The highest BCUT2D eigenvalue weighted by atomic mass is 16.5. The van der Waals surface area contributed by atoms with Crippen LogP contribution in [0.4, 0.5) is 0 Å². The van der Waals surface area contributed by atoms with E-state index in [-0.39, 0.29) is 5.91 Å².